The molecule has 164 valence electrons. The second kappa shape index (κ2) is 10.4. The minimum atomic E-state index is -0.378. The van der Waals surface area contributed by atoms with Crippen LogP contribution in [0.4, 0.5) is 16.4 Å². The molecule has 7 nitrogen and oxygen atoms in total. The summed E-state index contributed by atoms with van der Waals surface area (Å²) in [6.07, 6.45) is 0. The lowest BCUT2D eigenvalue weighted by Gasteiger charge is -2.05. The number of carbonyl (C=O) groups is 1. The van der Waals surface area contributed by atoms with Gasteiger partial charge in [-0.3, -0.25) is 10.2 Å². The average molecular weight is 496 g/mol. The third kappa shape index (κ3) is 5.81. The molecule has 0 bridgehead atoms. The molecule has 1 aromatic heterocycles. The zero-order valence-corrected chi connectivity index (χ0v) is 19.1. The molecule has 4 rings (SSSR count). The summed E-state index contributed by atoms with van der Waals surface area (Å²) >= 11 is 13.0. The van der Waals surface area contributed by atoms with E-state index in [9.17, 15) is 9.90 Å². The number of aromatic nitrogens is 1. The molecule has 2 N–H and O–H groups in total. The Labute approximate surface area is 203 Å². The van der Waals surface area contributed by atoms with Crippen molar-refractivity contribution < 1.29 is 9.90 Å². The Hall–Kier alpha value is -3.59. The number of ketones is 1. The Morgan fingerprint density at radius 1 is 0.909 bits per heavy atom. The number of benzene rings is 3. The molecule has 4 aromatic rings. The number of rotatable bonds is 7. The summed E-state index contributed by atoms with van der Waals surface area (Å²) in [4.78, 5) is 17.3. The van der Waals surface area contributed by atoms with Crippen molar-refractivity contribution in [3.63, 3.8) is 0 Å². The number of nitrogens with zero attached hydrogens (tertiary/aromatic N) is 4. The molecule has 0 aliphatic carbocycles. The zero-order valence-electron chi connectivity index (χ0n) is 16.8. The van der Waals surface area contributed by atoms with E-state index in [1.54, 1.807) is 78.9 Å². The third-order valence-corrected chi connectivity index (χ3v) is 5.64. The van der Waals surface area contributed by atoms with Gasteiger partial charge in [0.25, 0.3) is 5.88 Å². The molecule has 0 spiro atoms. The smallest absolute Gasteiger partial charge is 0.251 e. The Morgan fingerprint density at radius 3 is 2.36 bits per heavy atom. The predicted molar refractivity (Wildman–Crippen MR) is 132 cm³/mol. The first-order valence-corrected chi connectivity index (χ1v) is 11.1. The van der Waals surface area contributed by atoms with Gasteiger partial charge >= 0.3 is 0 Å². The average Bonchev–Trinajstić information content (AvgIpc) is 3.18. The van der Waals surface area contributed by atoms with Crippen molar-refractivity contribution in [2.75, 3.05) is 5.43 Å². The van der Waals surface area contributed by atoms with Crippen LogP contribution in [-0.2, 0) is 0 Å². The second-order valence-electron chi connectivity index (χ2n) is 6.61. The molecular formula is C23H15Cl2N5O2S. The van der Waals surface area contributed by atoms with Crippen LogP contribution in [0.3, 0.4) is 0 Å². The maximum atomic E-state index is 13.2. The zero-order chi connectivity index (χ0) is 23.2. The topological polar surface area (TPSA) is 99.3 Å². The van der Waals surface area contributed by atoms with Gasteiger partial charge < -0.3 is 5.11 Å². The molecule has 0 aliphatic rings. The molecule has 0 saturated carbocycles. The third-order valence-electron chi connectivity index (χ3n) is 4.23. The van der Waals surface area contributed by atoms with Gasteiger partial charge in [-0.1, -0.05) is 77.0 Å². The predicted octanol–water partition coefficient (Wildman–Crippen LogP) is 7.27. The van der Waals surface area contributed by atoms with Gasteiger partial charge in [-0.05, 0) is 36.4 Å². The van der Waals surface area contributed by atoms with Gasteiger partial charge in [0.2, 0.25) is 10.8 Å². The maximum Gasteiger partial charge on any atom is 0.251 e. The Balaban J connectivity index is 1.69. The van der Waals surface area contributed by atoms with Crippen molar-refractivity contribution in [2.24, 2.45) is 15.3 Å². The van der Waals surface area contributed by atoms with Gasteiger partial charge in [0.1, 0.15) is 0 Å². The molecule has 0 saturated heterocycles. The first-order valence-electron chi connectivity index (χ1n) is 9.56. The highest BCUT2D eigenvalue weighted by atomic mass is 35.5. The van der Waals surface area contributed by atoms with Crippen molar-refractivity contribution in [1.29, 1.82) is 0 Å². The van der Waals surface area contributed by atoms with Crippen molar-refractivity contribution in [3.05, 3.63) is 99.5 Å². The van der Waals surface area contributed by atoms with Crippen molar-refractivity contribution >= 4 is 62.4 Å². The van der Waals surface area contributed by atoms with Crippen LogP contribution in [0.2, 0.25) is 10.0 Å². The summed E-state index contributed by atoms with van der Waals surface area (Å²) in [5.74, 6) is -0.741. The van der Waals surface area contributed by atoms with E-state index in [4.69, 9.17) is 23.2 Å². The van der Waals surface area contributed by atoms with E-state index in [-0.39, 0.29) is 27.4 Å². The van der Waals surface area contributed by atoms with Crippen molar-refractivity contribution in [1.82, 2.24) is 4.98 Å². The summed E-state index contributed by atoms with van der Waals surface area (Å²) in [7, 11) is 0. The van der Waals surface area contributed by atoms with Crippen LogP contribution in [0.1, 0.15) is 15.4 Å². The van der Waals surface area contributed by atoms with Crippen LogP contribution >= 0.6 is 34.5 Å². The lowest BCUT2D eigenvalue weighted by molar-refractivity contribution is 0.106. The number of nitrogens with one attached hydrogen (secondary N) is 1. The van der Waals surface area contributed by atoms with Gasteiger partial charge in [0, 0.05) is 15.6 Å². The molecule has 33 heavy (non-hydrogen) atoms. The number of Topliss-reactive ketones (excluding diaryl/α,β-unsaturated/α-hetero) is 1. The first kappa shape index (κ1) is 22.6. The van der Waals surface area contributed by atoms with E-state index < -0.39 is 0 Å². The summed E-state index contributed by atoms with van der Waals surface area (Å²) in [5, 5.41) is 24.0. The number of hydrazone groups is 1. The normalized spacial score (nSPS) is 11.6. The van der Waals surface area contributed by atoms with Crippen LogP contribution in [0, 0.1) is 0 Å². The molecule has 0 atom stereocenters. The van der Waals surface area contributed by atoms with E-state index in [2.05, 4.69) is 25.7 Å². The number of azo groups is 1. The Morgan fingerprint density at radius 2 is 1.64 bits per heavy atom. The van der Waals surface area contributed by atoms with Crippen molar-refractivity contribution in [2.45, 2.75) is 0 Å². The fourth-order valence-corrected chi connectivity index (χ4v) is 3.86. The Bertz CT molecular complexity index is 1360. The number of thiazole rings is 1. The highest BCUT2D eigenvalue weighted by Crippen LogP contribution is 2.35. The lowest BCUT2D eigenvalue weighted by atomic mass is 10.1. The van der Waals surface area contributed by atoms with Gasteiger partial charge in [-0.25, -0.2) is 0 Å². The number of aromatic hydroxyl groups is 1. The van der Waals surface area contributed by atoms with E-state index in [0.29, 0.717) is 27.0 Å². The van der Waals surface area contributed by atoms with Gasteiger partial charge in [0.05, 0.1) is 11.4 Å². The molecule has 3 aromatic carbocycles. The molecule has 1 heterocycles. The number of carbonyl (C=O) groups excluding carboxylic acids is 1. The summed E-state index contributed by atoms with van der Waals surface area (Å²) < 4.78 is 0. The fourth-order valence-electron chi connectivity index (χ4n) is 2.71. The SMILES string of the molecule is O=C(C(=NNc1cccc(Cl)c1)c1nc(O)c(N=Nc2cccc(Cl)c2)s1)c1ccccc1. The quantitative estimate of drug-likeness (QED) is 0.122. The second-order valence-corrected chi connectivity index (χ2v) is 8.46. The standard InChI is InChI=1S/C23H15Cl2N5O2S/c24-15-8-4-10-17(12-15)27-29-19(20(31)14-6-2-1-3-7-14)22-26-21(32)23(33-22)30-28-18-11-5-9-16(25)13-18/h1-13,27,32H. The van der Waals surface area contributed by atoms with Crippen LogP contribution in [0.25, 0.3) is 0 Å². The van der Waals surface area contributed by atoms with Crippen LogP contribution < -0.4 is 5.43 Å². The molecular weight excluding hydrogens is 481 g/mol. The number of anilines is 1. The largest absolute Gasteiger partial charge is 0.491 e. The Kier molecular flexibility index (Phi) is 7.09. The number of hydrogen-bond acceptors (Lipinski definition) is 8. The van der Waals surface area contributed by atoms with Gasteiger partial charge in [0.15, 0.2) is 10.7 Å². The summed E-state index contributed by atoms with van der Waals surface area (Å²) in [5.41, 5.74) is 4.34. The van der Waals surface area contributed by atoms with Crippen LogP contribution in [-0.4, -0.2) is 21.6 Å². The minimum absolute atomic E-state index is 0.00526. The molecule has 0 radical (unpaired) electrons. The van der Waals surface area contributed by atoms with Gasteiger partial charge in [-0.15, -0.1) is 10.2 Å². The molecule has 10 heteroatoms. The summed E-state index contributed by atoms with van der Waals surface area (Å²) in [6, 6.07) is 22.3. The fraction of sp³-hybridized carbons (Fsp3) is 0. The van der Waals surface area contributed by atoms with Crippen molar-refractivity contribution in [3.8, 4) is 5.88 Å². The monoisotopic (exact) mass is 495 g/mol. The van der Waals surface area contributed by atoms with E-state index in [1.807, 2.05) is 0 Å². The molecule has 0 fully saturated rings. The lowest BCUT2D eigenvalue weighted by Crippen LogP contribution is -2.17. The molecule has 0 amide bonds. The van der Waals surface area contributed by atoms with Crippen LogP contribution in [0.15, 0.2) is 94.2 Å². The molecule has 0 unspecified atom stereocenters. The van der Waals surface area contributed by atoms with E-state index in [0.717, 1.165) is 11.3 Å². The highest BCUT2D eigenvalue weighted by Gasteiger charge is 2.23. The van der Waals surface area contributed by atoms with Gasteiger partial charge in [-0.2, -0.15) is 10.1 Å². The number of hydrogen-bond donors (Lipinski definition) is 2. The maximum absolute atomic E-state index is 13.2. The molecule has 0 aliphatic heterocycles. The van der Waals surface area contributed by atoms with Crippen LogP contribution in [0.5, 0.6) is 5.88 Å². The first-order chi connectivity index (χ1) is 16.0. The minimum Gasteiger partial charge on any atom is -0.491 e. The van der Waals surface area contributed by atoms with E-state index >= 15 is 0 Å². The summed E-state index contributed by atoms with van der Waals surface area (Å²) in [6.45, 7) is 0. The number of halogens is 2. The highest BCUT2D eigenvalue weighted by molar-refractivity contribution is 7.18. The van der Waals surface area contributed by atoms with E-state index in [1.165, 1.54) is 0 Å².